The average Bonchev–Trinajstić information content (AvgIpc) is 2.88. The van der Waals surface area contributed by atoms with E-state index in [-0.39, 0.29) is 11.8 Å². The Labute approximate surface area is 205 Å². The van der Waals surface area contributed by atoms with Gasteiger partial charge in [-0.25, -0.2) is 4.98 Å². The van der Waals surface area contributed by atoms with Gasteiger partial charge in [0.1, 0.15) is 19.0 Å². The highest BCUT2D eigenvalue weighted by Gasteiger charge is 2.25. The fourth-order valence-corrected chi connectivity index (χ4v) is 4.80. The van der Waals surface area contributed by atoms with Gasteiger partial charge in [-0.15, -0.1) is 0 Å². The van der Waals surface area contributed by atoms with Crippen molar-refractivity contribution in [2.45, 2.75) is 18.8 Å². The van der Waals surface area contributed by atoms with E-state index in [0.717, 1.165) is 48.5 Å². The van der Waals surface area contributed by atoms with Crippen LogP contribution in [0.15, 0.2) is 48.5 Å². The number of anilines is 2. The summed E-state index contributed by atoms with van der Waals surface area (Å²) in [6.07, 6.45) is 2.09. The van der Waals surface area contributed by atoms with E-state index in [0.29, 0.717) is 44.4 Å². The van der Waals surface area contributed by atoms with Crippen LogP contribution in [0, 0.1) is 0 Å². The molecule has 2 aliphatic rings. The zero-order valence-electron chi connectivity index (χ0n) is 20.1. The Morgan fingerprint density at radius 1 is 1.14 bits per heavy atom. The van der Waals surface area contributed by atoms with Crippen molar-refractivity contribution in [3.63, 3.8) is 0 Å². The van der Waals surface area contributed by atoms with Crippen molar-refractivity contribution >= 4 is 28.2 Å². The number of ether oxygens (including phenoxy) is 3. The maximum Gasteiger partial charge on any atom is 0.238 e. The highest BCUT2D eigenvalue weighted by molar-refractivity contribution is 5.93. The second-order valence-electron chi connectivity index (χ2n) is 9.02. The molecule has 2 aromatic carbocycles. The first-order chi connectivity index (χ1) is 17.2. The number of aromatic nitrogens is 1. The molecule has 1 atom stereocenters. The van der Waals surface area contributed by atoms with Crippen molar-refractivity contribution in [1.82, 2.24) is 9.88 Å². The maximum absolute atomic E-state index is 12.8. The van der Waals surface area contributed by atoms with E-state index in [1.54, 1.807) is 7.11 Å². The van der Waals surface area contributed by atoms with Crippen molar-refractivity contribution in [2.75, 3.05) is 63.7 Å². The van der Waals surface area contributed by atoms with E-state index in [1.165, 1.54) is 5.39 Å². The number of carbonyl (C=O) groups is 1. The lowest BCUT2D eigenvalue weighted by Crippen LogP contribution is -2.40. The van der Waals surface area contributed by atoms with Gasteiger partial charge in [0.05, 0.1) is 13.2 Å². The smallest absolute Gasteiger partial charge is 0.238 e. The van der Waals surface area contributed by atoms with Crippen molar-refractivity contribution in [2.24, 2.45) is 0 Å². The van der Waals surface area contributed by atoms with Crippen LogP contribution in [0.5, 0.6) is 11.5 Å². The van der Waals surface area contributed by atoms with Gasteiger partial charge in [-0.05, 0) is 43.0 Å². The zero-order valence-corrected chi connectivity index (χ0v) is 20.1. The Hall–Kier alpha value is -3.36. The van der Waals surface area contributed by atoms with Crippen LogP contribution in [0.2, 0.25) is 0 Å². The molecule has 0 radical (unpaired) electrons. The van der Waals surface area contributed by atoms with Gasteiger partial charge in [0.15, 0.2) is 11.5 Å². The molecule has 8 heteroatoms. The summed E-state index contributed by atoms with van der Waals surface area (Å²) in [6.45, 7) is 4.44. The molecule has 1 amide bonds. The molecule has 35 heavy (non-hydrogen) atoms. The minimum Gasteiger partial charge on any atom is -0.486 e. The molecular formula is C27H32N4O4. The monoisotopic (exact) mass is 476 g/mol. The van der Waals surface area contributed by atoms with Gasteiger partial charge in [0.2, 0.25) is 5.91 Å². The van der Waals surface area contributed by atoms with Crippen LogP contribution in [-0.4, -0.2) is 68.9 Å². The van der Waals surface area contributed by atoms with E-state index in [1.807, 2.05) is 24.3 Å². The first-order valence-corrected chi connectivity index (χ1v) is 12.2. The van der Waals surface area contributed by atoms with Gasteiger partial charge in [-0.3, -0.25) is 9.69 Å². The third kappa shape index (κ3) is 5.66. The second kappa shape index (κ2) is 10.9. The Kier molecular flexibility index (Phi) is 7.30. The second-order valence-corrected chi connectivity index (χ2v) is 9.02. The number of nitrogens with one attached hydrogen (secondary N) is 2. The molecule has 3 aromatic rings. The van der Waals surface area contributed by atoms with Crippen molar-refractivity contribution in [1.29, 1.82) is 0 Å². The summed E-state index contributed by atoms with van der Waals surface area (Å²) < 4.78 is 16.4. The number of likely N-dealkylation sites (tertiary alicyclic amines) is 1. The fraction of sp³-hybridized carbons (Fsp3) is 0.407. The number of pyridine rings is 1. The molecular weight excluding hydrogens is 444 g/mol. The van der Waals surface area contributed by atoms with Crippen molar-refractivity contribution in [3.8, 4) is 11.5 Å². The summed E-state index contributed by atoms with van der Waals surface area (Å²) in [6, 6.07) is 16.0. The highest BCUT2D eigenvalue weighted by atomic mass is 16.6. The number of nitrogens with zero attached hydrogens (tertiary/aromatic N) is 2. The van der Waals surface area contributed by atoms with Gasteiger partial charge in [0.25, 0.3) is 0 Å². The molecule has 8 nitrogen and oxygen atoms in total. The van der Waals surface area contributed by atoms with Gasteiger partial charge in [-0.2, -0.15) is 0 Å². The number of methoxy groups -OCH3 is 1. The number of carbonyl (C=O) groups excluding carboxylic acids is 1. The maximum atomic E-state index is 12.8. The lowest BCUT2D eigenvalue weighted by atomic mass is 9.93. The van der Waals surface area contributed by atoms with E-state index >= 15 is 0 Å². The Balaban J connectivity index is 1.25. The molecule has 2 aliphatic heterocycles. The summed E-state index contributed by atoms with van der Waals surface area (Å²) in [5.41, 5.74) is 1.79. The summed E-state index contributed by atoms with van der Waals surface area (Å²) in [5.74, 6) is 2.52. The Bertz CT molecular complexity index is 1190. The van der Waals surface area contributed by atoms with E-state index < -0.39 is 0 Å². The predicted octanol–water partition coefficient (Wildman–Crippen LogP) is 3.88. The average molecular weight is 477 g/mol. The number of fused-ring (bicyclic) bond motifs is 2. The van der Waals surface area contributed by atoms with Gasteiger partial charge in [-0.1, -0.05) is 24.3 Å². The van der Waals surface area contributed by atoms with Crippen LogP contribution in [-0.2, 0) is 9.53 Å². The standard InChI is InChI=1S/C27H32N4O4/c1-33-12-10-28-27-22-7-3-2-5-19(22)15-23(30-27)20-6-4-11-31(17-20)18-26(32)29-21-8-9-24-25(16-21)35-14-13-34-24/h2-3,5,7-9,15-16,20H,4,6,10-14,17-18H2,1H3,(H,28,30)(H,29,32). The van der Waals surface area contributed by atoms with Gasteiger partial charge in [0, 0.05) is 49.0 Å². The van der Waals surface area contributed by atoms with Crippen LogP contribution in [0.1, 0.15) is 24.5 Å². The number of benzene rings is 2. The molecule has 0 saturated carbocycles. The third-order valence-corrected chi connectivity index (χ3v) is 6.48. The fourth-order valence-electron chi connectivity index (χ4n) is 4.80. The number of hydrogen-bond acceptors (Lipinski definition) is 7. The van der Waals surface area contributed by atoms with Crippen molar-refractivity contribution < 1.29 is 19.0 Å². The van der Waals surface area contributed by atoms with Crippen LogP contribution in [0.4, 0.5) is 11.5 Å². The first-order valence-electron chi connectivity index (χ1n) is 12.2. The number of hydrogen-bond donors (Lipinski definition) is 2. The highest BCUT2D eigenvalue weighted by Crippen LogP contribution is 2.33. The quantitative estimate of drug-likeness (QED) is 0.477. The third-order valence-electron chi connectivity index (χ3n) is 6.48. The van der Waals surface area contributed by atoms with E-state index in [2.05, 4.69) is 39.8 Å². The predicted molar refractivity (Wildman–Crippen MR) is 137 cm³/mol. The molecule has 184 valence electrons. The molecule has 1 aromatic heterocycles. The van der Waals surface area contributed by atoms with Crippen LogP contribution < -0.4 is 20.1 Å². The lowest BCUT2D eigenvalue weighted by Gasteiger charge is -2.32. The molecule has 0 bridgehead atoms. The Morgan fingerprint density at radius 2 is 2.00 bits per heavy atom. The van der Waals surface area contributed by atoms with Gasteiger partial charge < -0.3 is 24.8 Å². The minimum atomic E-state index is -0.0317. The first kappa shape index (κ1) is 23.4. The largest absolute Gasteiger partial charge is 0.486 e. The van der Waals surface area contributed by atoms with Crippen LogP contribution in [0.3, 0.4) is 0 Å². The molecule has 3 heterocycles. The summed E-state index contributed by atoms with van der Waals surface area (Å²) in [4.78, 5) is 20.0. The molecule has 0 aliphatic carbocycles. The lowest BCUT2D eigenvalue weighted by molar-refractivity contribution is -0.117. The van der Waals surface area contributed by atoms with Crippen LogP contribution in [0.25, 0.3) is 10.8 Å². The zero-order chi connectivity index (χ0) is 24.0. The Morgan fingerprint density at radius 3 is 2.89 bits per heavy atom. The number of piperidine rings is 1. The number of amides is 1. The molecule has 1 saturated heterocycles. The molecule has 1 unspecified atom stereocenters. The molecule has 2 N–H and O–H groups in total. The normalized spacial score (nSPS) is 17.8. The van der Waals surface area contributed by atoms with Crippen molar-refractivity contribution in [3.05, 3.63) is 54.2 Å². The summed E-state index contributed by atoms with van der Waals surface area (Å²) >= 11 is 0. The number of rotatable bonds is 8. The summed E-state index contributed by atoms with van der Waals surface area (Å²) in [7, 11) is 1.70. The SMILES string of the molecule is COCCNc1nc(C2CCCN(CC(=O)Nc3ccc4c(c3)OCCO4)C2)cc2ccccc12. The van der Waals surface area contributed by atoms with E-state index in [4.69, 9.17) is 19.2 Å². The molecule has 5 rings (SSSR count). The van der Waals surface area contributed by atoms with Gasteiger partial charge >= 0.3 is 0 Å². The molecule has 0 spiro atoms. The molecule has 1 fully saturated rings. The summed E-state index contributed by atoms with van der Waals surface area (Å²) in [5, 5.41) is 8.71. The topological polar surface area (TPSA) is 85.0 Å². The van der Waals surface area contributed by atoms with E-state index in [9.17, 15) is 4.79 Å². The minimum absolute atomic E-state index is 0.0317. The van der Waals surface area contributed by atoms with Crippen LogP contribution >= 0.6 is 0 Å².